The lowest BCUT2D eigenvalue weighted by molar-refractivity contribution is 0.0955. The first kappa shape index (κ1) is 20.2. The molecule has 6 nitrogen and oxygen atoms in total. The second-order valence-electron chi connectivity index (χ2n) is 8.01. The van der Waals surface area contributed by atoms with Gasteiger partial charge in [0.05, 0.1) is 11.0 Å². The maximum Gasteiger partial charge on any atom is 0.251 e. The zero-order valence-corrected chi connectivity index (χ0v) is 18.5. The molecular formula is C24H27N5OS. The number of hydrogen-bond acceptors (Lipinski definition) is 4. The van der Waals surface area contributed by atoms with Crippen molar-refractivity contribution < 1.29 is 4.79 Å². The lowest BCUT2D eigenvalue weighted by atomic mass is 10.0. The Labute approximate surface area is 186 Å². The molecule has 0 aliphatic carbocycles. The first-order valence-corrected chi connectivity index (χ1v) is 11.9. The summed E-state index contributed by atoms with van der Waals surface area (Å²) in [6, 6.07) is 14.0. The molecule has 2 aromatic heterocycles. The van der Waals surface area contributed by atoms with E-state index >= 15 is 0 Å². The fourth-order valence-corrected chi connectivity index (χ4v) is 5.35. The van der Waals surface area contributed by atoms with Crippen LogP contribution >= 0.6 is 11.8 Å². The molecule has 4 aromatic rings. The summed E-state index contributed by atoms with van der Waals surface area (Å²) in [5, 5.41) is 4.15. The van der Waals surface area contributed by atoms with Crippen LogP contribution in [0.2, 0.25) is 0 Å². The summed E-state index contributed by atoms with van der Waals surface area (Å²) in [7, 11) is 2.03. The van der Waals surface area contributed by atoms with Crippen molar-refractivity contribution in [2.75, 3.05) is 31.1 Å². The van der Waals surface area contributed by atoms with Crippen molar-refractivity contribution in [2.45, 2.75) is 13.0 Å². The number of fused-ring (bicyclic) bond motifs is 2. The maximum absolute atomic E-state index is 13.1. The normalized spacial score (nSPS) is 15.0. The Kier molecular flexibility index (Phi) is 5.70. The molecule has 0 saturated carbocycles. The van der Waals surface area contributed by atoms with Crippen LogP contribution in [-0.2, 0) is 20.0 Å². The van der Waals surface area contributed by atoms with Crippen molar-refractivity contribution >= 4 is 39.6 Å². The molecule has 0 bridgehead atoms. The largest absolute Gasteiger partial charge is 0.361 e. The van der Waals surface area contributed by atoms with E-state index in [0.29, 0.717) is 13.0 Å². The van der Waals surface area contributed by atoms with Crippen molar-refractivity contribution in [3.05, 3.63) is 65.6 Å². The number of aromatic nitrogens is 3. The summed E-state index contributed by atoms with van der Waals surface area (Å²) in [6.07, 6.45) is 2.75. The number of carbonyl (C=O) groups is 1. The van der Waals surface area contributed by atoms with Gasteiger partial charge in [0.25, 0.3) is 5.91 Å². The molecule has 31 heavy (non-hydrogen) atoms. The number of hydrogen-bond donors (Lipinski definition) is 2. The van der Waals surface area contributed by atoms with Gasteiger partial charge in [-0.3, -0.25) is 9.69 Å². The van der Waals surface area contributed by atoms with E-state index in [4.69, 9.17) is 4.98 Å². The van der Waals surface area contributed by atoms with Gasteiger partial charge in [-0.25, -0.2) is 4.98 Å². The van der Waals surface area contributed by atoms with Crippen LogP contribution in [0, 0.1) is 0 Å². The standard InChI is InChI=1S/C24H27N5OS/c1-28-21-8-3-2-6-19(21)27-22(28)9-10-25-24(30)18-5-4-7-20-23(18)17(15-26-20)16-29-11-13-31-14-12-29/h2-8,15,26H,9-14,16H2,1H3,(H,25,30). The molecule has 0 radical (unpaired) electrons. The first-order valence-electron chi connectivity index (χ1n) is 10.8. The number of imidazole rings is 1. The molecule has 1 amide bonds. The Morgan fingerprint density at radius 2 is 2.00 bits per heavy atom. The molecule has 2 aromatic carbocycles. The third-order valence-corrected chi connectivity index (χ3v) is 6.99. The molecule has 0 unspecified atom stereocenters. The highest BCUT2D eigenvalue weighted by atomic mass is 32.2. The minimum atomic E-state index is -0.0283. The molecular weight excluding hydrogens is 406 g/mol. The van der Waals surface area contributed by atoms with E-state index in [0.717, 1.165) is 53.0 Å². The van der Waals surface area contributed by atoms with Crippen LogP contribution in [0.4, 0.5) is 0 Å². The SMILES string of the molecule is Cn1c(CCNC(=O)c2cccc3[nH]cc(CN4CCSCC4)c23)nc2ccccc21. The summed E-state index contributed by atoms with van der Waals surface area (Å²) in [5.74, 6) is 3.31. The highest BCUT2D eigenvalue weighted by Crippen LogP contribution is 2.25. The Bertz CT molecular complexity index is 1220. The second kappa shape index (κ2) is 8.77. The average molecular weight is 434 g/mol. The Balaban J connectivity index is 1.31. The smallest absolute Gasteiger partial charge is 0.251 e. The quantitative estimate of drug-likeness (QED) is 0.488. The second-order valence-corrected chi connectivity index (χ2v) is 9.24. The van der Waals surface area contributed by atoms with Crippen LogP contribution in [0.1, 0.15) is 21.7 Å². The van der Waals surface area contributed by atoms with Gasteiger partial charge in [-0.05, 0) is 29.8 Å². The number of carbonyl (C=O) groups excluding carboxylic acids is 1. The van der Waals surface area contributed by atoms with Gasteiger partial charge < -0.3 is 14.9 Å². The molecule has 2 N–H and O–H groups in total. The lowest BCUT2D eigenvalue weighted by Crippen LogP contribution is -2.32. The number of benzene rings is 2. The van der Waals surface area contributed by atoms with E-state index in [1.807, 2.05) is 55.2 Å². The fraction of sp³-hybridized carbons (Fsp3) is 0.333. The van der Waals surface area contributed by atoms with Crippen molar-refractivity contribution in [1.82, 2.24) is 24.8 Å². The topological polar surface area (TPSA) is 66.0 Å². The third kappa shape index (κ3) is 4.07. The molecule has 0 spiro atoms. The molecule has 7 heteroatoms. The monoisotopic (exact) mass is 433 g/mol. The van der Waals surface area contributed by atoms with Crippen molar-refractivity contribution in [3.8, 4) is 0 Å². The predicted molar refractivity (Wildman–Crippen MR) is 128 cm³/mol. The van der Waals surface area contributed by atoms with Gasteiger partial charge in [0.1, 0.15) is 5.82 Å². The zero-order chi connectivity index (χ0) is 21.2. The molecule has 0 atom stereocenters. The number of nitrogens with zero attached hydrogens (tertiary/aromatic N) is 3. The van der Waals surface area contributed by atoms with Gasteiger partial charge >= 0.3 is 0 Å². The minimum absolute atomic E-state index is 0.0283. The van der Waals surface area contributed by atoms with Crippen LogP contribution in [0.25, 0.3) is 21.9 Å². The van der Waals surface area contributed by atoms with Crippen molar-refractivity contribution in [2.24, 2.45) is 7.05 Å². The number of aromatic amines is 1. The molecule has 5 rings (SSSR count). The Morgan fingerprint density at radius 3 is 2.84 bits per heavy atom. The molecule has 1 aliphatic heterocycles. The molecule has 1 aliphatic rings. The summed E-state index contributed by atoms with van der Waals surface area (Å²) in [5.41, 5.74) is 5.06. The molecule has 160 valence electrons. The number of aryl methyl sites for hydroxylation is 1. The van der Waals surface area contributed by atoms with E-state index < -0.39 is 0 Å². The van der Waals surface area contributed by atoms with Crippen molar-refractivity contribution in [3.63, 3.8) is 0 Å². The van der Waals surface area contributed by atoms with Gasteiger partial charge in [0.15, 0.2) is 0 Å². The Hall–Kier alpha value is -2.77. The number of para-hydroxylation sites is 2. The Morgan fingerprint density at radius 1 is 1.16 bits per heavy atom. The number of thioether (sulfide) groups is 1. The van der Waals surface area contributed by atoms with E-state index in [2.05, 4.69) is 32.0 Å². The van der Waals surface area contributed by atoms with Gasteiger partial charge in [-0.15, -0.1) is 0 Å². The van der Waals surface area contributed by atoms with Crippen LogP contribution in [0.3, 0.4) is 0 Å². The van der Waals surface area contributed by atoms with E-state index in [-0.39, 0.29) is 5.91 Å². The van der Waals surface area contributed by atoms with E-state index in [1.165, 1.54) is 17.1 Å². The molecule has 1 saturated heterocycles. The summed E-state index contributed by atoms with van der Waals surface area (Å²) in [6.45, 7) is 3.63. The number of nitrogens with one attached hydrogen (secondary N) is 2. The summed E-state index contributed by atoms with van der Waals surface area (Å²) in [4.78, 5) is 23.6. The van der Waals surface area contributed by atoms with Crippen LogP contribution in [0.15, 0.2) is 48.7 Å². The van der Waals surface area contributed by atoms with Gasteiger partial charge in [0.2, 0.25) is 0 Å². The van der Waals surface area contributed by atoms with Gasteiger partial charge in [-0.2, -0.15) is 11.8 Å². The van der Waals surface area contributed by atoms with Crippen LogP contribution in [-0.4, -0.2) is 56.5 Å². The summed E-state index contributed by atoms with van der Waals surface area (Å²) < 4.78 is 2.10. The highest BCUT2D eigenvalue weighted by molar-refractivity contribution is 7.99. The third-order valence-electron chi connectivity index (χ3n) is 6.04. The number of rotatable bonds is 6. The van der Waals surface area contributed by atoms with Crippen LogP contribution in [0.5, 0.6) is 0 Å². The van der Waals surface area contributed by atoms with E-state index in [9.17, 15) is 4.79 Å². The fourth-order valence-electron chi connectivity index (χ4n) is 4.37. The molecule has 1 fully saturated rings. The van der Waals surface area contributed by atoms with Gasteiger partial charge in [0, 0.05) is 73.8 Å². The van der Waals surface area contributed by atoms with Gasteiger partial charge in [-0.1, -0.05) is 18.2 Å². The first-order chi connectivity index (χ1) is 15.2. The molecule has 3 heterocycles. The summed E-state index contributed by atoms with van der Waals surface area (Å²) >= 11 is 2.01. The predicted octanol–water partition coefficient (Wildman–Crippen LogP) is 3.58. The van der Waals surface area contributed by atoms with E-state index in [1.54, 1.807) is 0 Å². The lowest BCUT2D eigenvalue weighted by Gasteiger charge is -2.26. The van der Waals surface area contributed by atoms with Crippen LogP contribution < -0.4 is 5.32 Å². The number of amides is 1. The zero-order valence-electron chi connectivity index (χ0n) is 17.7. The average Bonchev–Trinajstić information content (AvgIpc) is 3.35. The minimum Gasteiger partial charge on any atom is -0.361 e. The highest BCUT2D eigenvalue weighted by Gasteiger charge is 2.18. The maximum atomic E-state index is 13.1. The number of H-pyrrole nitrogens is 1. The van der Waals surface area contributed by atoms with Crippen molar-refractivity contribution in [1.29, 1.82) is 0 Å².